The Balaban J connectivity index is 1.73. The Kier molecular flexibility index (Phi) is 3.10. The molecule has 0 aromatic carbocycles. The van der Waals surface area contributed by atoms with Gasteiger partial charge in [-0.3, -0.25) is 0 Å². The zero-order valence-electron chi connectivity index (χ0n) is 9.79. The third kappa shape index (κ3) is 2.59. The number of nitrogens with one attached hydrogen (secondary N) is 1. The van der Waals surface area contributed by atoms with Gasteiger partial charge in [-0.1, -0.05) is 13.3 Å². The Morgan fingerprint density at radius 2 is 2.33 bits per heavy atom. The third-order valence-corrected chi connectivity index (χ3v) is 3.44. The normalized spacial score (nSPS) is 18.0. The van der Waals surface area contributed by atoms with Crippen LogP contribution in [0.15, 0.2) is 12.4 Å². The quantitative estimate of drug-likeness (QED) is 0.774. The van der Waals surface area contributed by atoms with Crippen molar-refractivity contribution in [3.05, 3.63) is 18.2 Å². The molecule has 84 valence electrons. The Bertz CT molecular complexity index is 312. The van der Waals surface area contributed by atoms with Crippen LogP contribution >= 0.6 is 0 Å². The van der Waals surface area contributed by atoms with E-state index in [1.165, 1.54) is 25.7 Å². The standard InChI is InChI=1S/C12H21N3/c1-3-4-12(5-6-12)10-13-9-11-14-7-8-15(11)2/h7-8,13H,3-6,9-10H2,1-2H3. The second kappa shape index (κ2) is 4.35. The molecule has 1 N–H and O–H groups in total. The van der Waals surface area contributed by atoms with E-state index >= 15 is 0 Å². The van der Waals surface area contributed by atoms with Crippen LogP contribution in [0.1, 0.15) is 38.4 Å². The summed E-state index contributed by atoms with van der Waals surface area (Å²) in [6.07, 6.45) is 9.36. The Morgan fingerprint density at radius 3 is 2.87 bits per heavy atom. The lowest BCUT2D eigenvalue weighted by molar-refractivity contribution is 0.416. The van der Waals surface area contributed by atoms with Crippen LogP contribution in [0.4, 0.5) is 0 Å². The van der Waals surface area contributed by atoms with E-state index in [9.17, 15) is 0 Å². The molecule has 1 fully saturated rings. The summed E-state index contributed by atoms with van der Waals surface area (Å²) in [7, 11) is 2.04. The highest BCUT2D eigenvalue weighted by Crippen LogP contribution is 2.48. The predicted octanol–water partition coefficient (Wildman–Crippen LogP) is 2.09. The summed E-state index contributed by atoms with van der Waals surface area (Å²) in [6.45, 7) is 4.33. The van der Waals surface area contributed by atoms with Gasteiger partial charge in [-0.25, -0.2) is 4.98 Å². The van der Waals surface area contributed by atoms with Crippen LogP contribution < -0.4 is 5.32 Å². The highest BCUT2D eigenvalue weighted by atomic mass is 15.1. The summed E-state index contributed by atoms with van der Waals surface area (Å²) in [5.74, 6) is 1.13. The van der Waals surface area contributed by atoms with Gasteiger partial charge in [-0.2, -0.15) is 0 Å². The highest BCUT2D eigenvalue weighted by Gasteiger charge is 2.40. The summed E-state index contributed by atoms with van der Waals surface area (Å²) < 4.78 is 2.08. The van der Waals surface area contributed by atoms with Gasteiger partial charge in [0.05, 0.1) is 6.54 Å². The van der Waals surface area contributed by atoms with Gasteiger partial charge in [0.25, 0.3) is 0 Å². The van der Waals surface area contributed by atoms with Gasteiger partial charge < -0.3 is 9.88 Å². The molecule has 0 spiro atoms. The van der Waals surface area contributed by atoms with Gasteiger partial charge in [-0.05, 0) is 24.7 Å². The van der Waals surface area contributed by atoms with Crippen molar-refractivity contribution in [1.82, 2.24) is 14.9 Å². The number of hydrogen-bond donors (Lipinski definition) is 1. The van der Waals surface area contributed by atoms with Crippen molar-refractivity contribution >= 4 is 0 Å². The fourth-order valence-corrected chi connectivity index (χ4v) is 2.23. The fourth-order valence-electron chi connectivity index (χ4n) is 2.23. The molecule has 0 atom stereocenters. The van der Waals surface area contributed by atoms with Crippen molar-refractivity contribution in [1.29, 1.82) is 0 Å². The van der Waals surface area contributed by atoms with Crippen LogP contribution in [0.2, 0.25) is 0 Å². The van der Waals surface area contributed by atoms with Crippen molar-refractivity contribution in [3.8, 4) is 0 Å². The molecule has 3 nitrogen and oxygen atoms in total. The number of hydrogen-bond acceptors (Lipinski definition) is 2. The highest BCUT2D eigenvalue weighted by molar-refractivity contribution is 4.96. The Morgan fingerprint density at radius 1 is 1.53 bits per heavy atom. The second-order valence-electron chi connectivity index (χ2n) is 4.81. The summed E-state index contributed by atoms with van der Waals surface area (Å²) in [5, 5.41) is 3.53. The second-order valence-corrected chi connectivity index (χ2v) is 4.81. The van der Waals surface area contributed by atoms with Crippen molar-refractivity contribution in [3.63, 3.8) is 0 Å². The molecular weight excluding hydrogens is 186 g/mol. The van der Waals surface area contributed by atoms with Gasteiger partial charge in [-0.15, -0.1) is 0 Å². The first kappa shape index (κ1) is 10.7. The maximum Gasteiger partial charge on any atom is 0.122 e. The van der Waals surface area contributed by atoms with Crippen LogP contribution in [0, 0.1) is 5.41 Å². The lowest BCUT2D eigenvalue weighted by atomic mass is 10.0. The minimum Gasteiger partial charge on any atom is -0.337 e. The van der Waals surface area contributed by atoms with Crippen LogP contribution in [-0.4, -0.2) is 16.1 Å². The third-order valence-electron chi connectivity index (χ3n) is 3.44. The lowest BCUT2D eigenvalue weighted by Crippen LogP contribution is -2.24. The smallest absolute Gasteiger partial charge is 0.122 e. The minimum absolute atomic E-state index is 0.639. The molecule has 1 aromatic rings. The first-order valence-electron chi connectivity index (χ1n) is 5.93. The predicted molar refractivity (Wildman–Crippen MR) is 61.5 cm³/mol. The number of aryl methyl sites for hydroxylation is 1. The van der Waals surface area contributed by atoms with Crippen LogP contribution in [-0.2, 0) is 13.6 Å². The van der Waals surface area contributed by atoms with Crippen molar-refractivity contribution in [2.24, 2.45) is 12.5 Å². The number of imidazole rings is 1. The molecule has 1 heterocycles. The van der Waals surface area contributed by atoms with Gasteiger partial charge in [0.1, 0.15) is 5.82 Å². The maximum absolute atomic E-state index is 4.30. The first-order valence-corrected chi connectivity index (χ1v) is 5.93. The molecule has 3 heteroatoms. The van der Waals surface area contributed by atoms with E-state index in [-0.39, 0.29) is 0 Å². The van der Waals surface area contributed by atoms with Crippen LogP contribution in [0.5, 0.6) is 0 Å². The van der Waals surface area contributed by atoms with Crippen LogP contribution in [0.25, 0.3) is 0 Å². The maximum atomic E-state index is 4.30. The van der Waals surface area contributed by atoms with Gasteiger partial charge in [0.15, 0.2) is 0 Å². The molecule has 0 bridgehead atoms. The molecule has 2 rings (SSSR count). The number of rotatable bonds is 6. The largest absolute Gasteiger partial charge is 0.337 e. The molecular formula is C12H21N3. The van der Waals surface area contributed by atoms with Gasteiger partial charge >= 0.3 is 0 Å². The zero-order chi connectivity index (χ0) is 10.7. The molecule has 0 aliphatic heterocycles. The first-order chi connectivity index (χ1) is 7.26. The van der Waals surface area contributed by atoms with Gasteiger partial charge in [0, 0.05) is 26.0 Å². The number of nitrogens with zero attached hydrogens (tertiary/aromatic N) is 2. The fraction of sp³-hybridized carbons (Fsp3) is 0.750. The van der Waals surface area contributed by atoms with E-state index in [1.54, 1.807) is 0 Å². The van der Waals surface area contributed by atoms with E-state index < -0.39 is 0 Å². The summed E-state index contributed by atoms with van der Waals surface area (Å²) >= 11 is 0. The summed E-state index contributed by atoms with van der Waals surface area (Å²) in [6, 6.07) is 0. The van der Waals surface area contributed by atoms with Crippen molar-refractivity contribution in [2.45, 2.75) is 39.2 Å². The van der Waals surface area contributed by atoms with E-state index in [0.29, 0.717) is 5.41 Å². The Hall–Kier alpha value is -0.830. The molecule has 1 aromatic heterocycles. The van der Waals surface area contributed by atoms with E-state index in [0.717, 1.165) is 18.9 Å². The molecule has 0 radical (unpaired) electrons. The average Bonchev–Trinajstić information content (AvgIpc) is 2.85. The summed E-state index contributed by atoms with van der Waals surface area (Å²) in [4.78, 5) is 4.30. The monoisotopic (exact) mass is 207 g/mol. The van der Waals surface area contributed by atoms with Crippen molar-refractivity contribution < 1.29 is 0 Å². The Labute approximate surface area is 91.9 Å². The van der Waals surface area contributed by atoms with Crippen molar-refractivity contribution in [2.75, 3.05) is 6.54 Å². The van der Waals surface area contributed by atoms with E-state index in [4.69, 9.17) is 0 Å². The lowest BCUT2D eigenvalue weighted by Gasteiger charge is -2.14. The van der Waals surface area contributed by atoms with Gasteiger partial charge in [0.2, 0.25) is 0 Å². The molecule has 0 amide bonds. The minimum atomic E-state index is 0.639. The average molecular weight is 207 g/mol. The number of aromatic nitrogens is 2. The molecule has 1 saturated carbocycles. The molecule has 15 heavy (non-hydrogen) atoms. The molecule has 1 aliphatic rings. The molecule has 0 saturated heterocycles. The zero-order valence-corrected chi connectivity index (χ0v) is 9.79. The van der Waals surface area contributed by atoms with E-state index in [1.807, 2.05) is 19.4 Å². The van der Waals surface area contributed by atoms with Crippen LogP contribution in [0.3, 0.4) is 0 Å². The molecule has 0 unspecified atom stereocenters. The molecule has 1 aliphatic carbocycles. The van der Waals surface area contributed by atoms with E-state index in [2.05, 4.69) is 21.8 Å². The SMILES string of the molecule is CCCC1(CNCc2nccn2C)CC1. The summed E-state index contributed by atoms with van der Waals surface area (Å²) in [5.41, 5.74) is 0.639. The topological polar surface area (TPSA) is 29.9 Å².